The Bertz CT molecular complexity index is 987. The van der Waals surface area contributed by atoms with Crippen LogP contribution in [0.5, 0.6) is 0 Å². The number of allylic oxidation sites excluding steroid dienone is 7. The second-order valence-electron chi connectivity index (χ2n) is 14.6. The molecule has 298 valence electrons. The second-order valence-corrected chi connectivity index (χ2v) is 16.1. The van der Waals surface area contributed by atoms with Crippen LogP contribution in [-0.2, 0) is 14.9 Å². The Morgan fingerprint density at radius 1 is 0.510 bits per heavy atom. The van der Waals surface area contributed by atoms with E-state index in [0.29, 0.717) is 6.42 Å². The molecular weight excluding hydrogens is 655 g/mol. The molecule has 0 fully saturated rings. The van der Waals surface area contributed by atoms with Crippen LogP contribution in [0.3, 0.4) is 0 Å². The SMILES string of the molecule is CCCCC/C=C/CC/C=C/CC/C=C/C(O)C(CS(=O)(=O)O)NC(=O)CCCCCCCCCCCCC/C=C\CCCCCCCCCC. The zero-order valence-electron chi connectivity index (χ0n) is 33.2. The summed E-state index contributed by atoms with van der Waals surface area (Å²) in [6.45, 7) is 4.49. The zero-order chi connectivity index (χ0) is 37.5. The molecule has 0 aromatic rings. The number of aliphatic hydroxyl groups is 1. The van der Waals surface area contributed by atoms with E-state index in [-0.39, 0.29) is 12.3 Å². The van der Waals surface area contributed by atoms with Crippen molar-refractivity contribution in [1.82, 2.24) is 5.32 Å². The van der Waals surface area contributed by atoms with E-state index >= 15 is 0 Å². The lowest BCUT2D eigenvalue weighted by Crippen LogP contribution is -2.46. The van der Waals surface area contributed by atoms with Crippen LogP contribution < -0.4 is 5.32 Å². The summed E-state index contributed by atoms with van der Waals surface area (Å²) in [5, 5.41) is 13.2. The Balaban J connectivity index is 3.87. The standard InChI is InChI=1S/C44H81NO5S/c1-3-5-7-9-11-13-15-17-18-19-20-21-22-23-24-25-26-28-30-32-34-36-38-40-44(47)45-42(41-51(48,49)50)43(46)39-37-35-33-31-29-27-16-14-12-10-8-6-4-2/h12,14,19-20,29,31,37,39,42-43,46H,3-11,13,15-18,21-28,30,32-36,38,40-41H2,1-2H3,(H,45,47)(H,48,49,50)/b14-12+,20-19-,31-29+,39-37+. The highest BCUT2D eigenvalue weighted by molar-refractivity contribution is 7.85. The van der Waals surface area contributed by atoms with Gasteiger partial charge in [0.05, 0.1) is 17.9 Å². The molecule has 6 nitrogen and oxygen atoms in total. The van der Waals surface area contributed by atoms with Crippen LogP contribution in [-0.4, -0.2) is 41.9 Å². The van der Waals surface area contributed by atoms with E-state index in [2.05, 4.69) is 55.6 Å². The molecule has 1 amide bonds. The van der Waals surface area contributed by atoms with Gasteiger partial charge in [0.1, 0.15) is 0 Å². The fraction of sp³-hybridized carbons (Fsp3) is 0.795. The maximum atomic E-state index is 12.5. The van der Waals surface area contributed by atoms with Crippen molar-refractivity contribution in [3.63, 3.8) is 0 Å². The van der Waals surface area contributed by atoms with Crippen molar-refractivity contribution in [3.05, 3.63) is 48.6 Å². The lowest BCUT2D eigenvalue weighted by atomic mass is 10.0. The van der Waals surface area contributed by atoms with Crippen LogP contribution in [0, 0.1) is 0 Å². The minimum Gasteiger partial charge on any atom is -0.387 e. The summed E-state index contributed by atoms with van der Waals surface area (Å²) in [4.78, 5) is 12.5. The molecule has 2 atom stereocenters. The Morgan fingerprint density at radius 2 is 0.843 bits per heavy atom. The van der Waals surface area contributed by atoms with Gasteiger partial charge in [-0.05, 0) is 70.6 Å². The summed E-state index contributed by atoms with van der Waals surface area (Å²) in [7, 11) is -4.36. The molecule has 0 spiro atoms. The average molecular weight is 736 g/mol. The van der Waals surface area contributed by atoms with Gasteiger partial charge in [0.2, 0.25) is 5.91 Å². The highest BCUT2D eigenvalue weighted by atomic mass is 32.2. The van der Waals surface area contributed by atoms with Crippen molar-refractivity contribution in [2.24, 2.45) is 0 Å². The van der Waals surface area contributed by atoms with Crippen LogP contribution in [0.25, 0.3) is 0 Å². The van der Waals surface area contributed by atoms with Gasteiger partial charge in [-0.2, -0.15) is 8.42 Å². The first kappa shape index (κ1) is 49.3. The first-order chi connectivity index (χ1) is 24.8. The summed E-state index contributed by atoms with van der Waals surface area (Å²) in [6, 6.07) is -1.08. The van der Waals surface area contributed by atoms with Gasteiger partial charge in [-0.15, -0.1) is 0 Å². The minimum absolute atomic E-state index is 0.283. The van der Waals surface area contributed by atoms with Crippen molar-refractivity contribution >= 4 is 16.0 Å². The minimum atomic E-state index is -4.36. The number of hydrogen-bond acceptors (Lipinski definition) is 4. The van der Waals surface area contributed by atoms with E-state index < -0.39 is 28.0 Å². The maximum absolute atomic E-state index is 12.5. The predicted octanol–water partition coefficient (Wildman–Crippen LogP) is 12.7. The number of aliphatic hydroxyl groups excluding tert-OH is 1. The van der Waals surface area contributed by atoms with E-state index in [1.165, 1.54) is 141 Å². The number of hydrogen-bond donors (Lipinski definition) is 3. The summed E-state index contributed by atoms with van der Waals surface area (Å²) >= 11 is 0. The molecule has 0 rings (SSSR count). The van der Waals surface area contributed by atoms with E-state index in [1.807, 2.05) is 0 Å². The second kappa shape index (κ2) is 38.0. The van der Waals surface area contributed by atoms with Gasteiger partial charge in [-0.3, -0.25) is 9.35 Å². The molecule has 7 heteroatoms. The molecule has 0 saturated heterocycles. The number of unbranched alkanes of at least 4 members (excludes halogenated alkanes) is 24. The zero-order valence-corrected chi connectivity index (χ0v) is 34.0. The fourth-order valence-electron chi connectivity index (χ4n) is 6.24. The maximum Gasteiger partial charge on any atom is 0.267 e. The highest BCUT2D eigenvalue weighted by Gasteiger charge is 2.24. The van der Waals surface area contributed by atoms with Crippen molar-refractivity contribution in [2.75, 3.05) is 5.75 Å². The first-order valence-corrected chi connectivity index (χ1v) is 22.9. The van der Waals surface area contributed by atoms with Gasteiger partial charge in [-0.25, -0.2) is 0 Å². The molecule has 0 aromatic carbocycles. The van der Waals surface area contributed by atoms with Gasteiger partial charge >= 0.3 is 0 Å². The molecule has 0 aliphatic heterocycles. The van der Waals surface area contributed by atoms with Crippen LogP contribution >= 0.6 is 0 Å². The summed E-state index contributed by atoms with van der Waals surface area (Å²) in [5.74, 6) is -1.01. The number of rotatable bonds is 38. The third kappa shape index (κ3) is 39.3. The topological polar surface area (TPSA) is 104 Å². The number of carbonyl (C=O) groups is 1. The molecule has 0 aromatic heterocycles. The summed E-state index contributed by atoms with van der Waals surface area (Å²) in [5.41, 5.74) is 0. The van der Waals surface area contributed by atoms with Crippen molar-refractivity contribution in [2.45, 2.75) is 219 Å². The number of carbonyl (C=O) groups excluding carboxylic acids is 1. The van der Waals surface area contributed by atoms with E-state index in [4.69, 9.17) is 0 Å². The molecule has 2 unspecified atom stereocenters. The Kier molecular flexibility index (Phi) is 36.8. The normalized spacial score (nSPS) is 13.7. The molecule has 0 saturated carbocycles. The van der Waals surface area contributed by atoms with Crippen molar-refractivity contribution < 1.29 is 22.9 Å². The van der Waals surface area contributed by atoms with Crippen LogP contribution in [0.1, 0.15) is 206 Å². The highest BCUT2D eigenvalue weighted by Crippen LogP contribution is 2.14. The van der Waals surface area contributed by atoms with Gasteiger partial charge < -0.3 is 10.4 Å². The average Bonchev–Trinajstić information content (AvgIpc) is 3.09. The molecule has 0 aliphatic carbocycles. The van der Waals surface area contributed by atoms with Crippen molar-refractivity contribution in [3.8, 4) is 0 Å². The molecule has 3 N–H and O–H groups in total. The molecule has 0 bridgehead atoms. The smallest absolute Gasteiger partial charge is 0.267 e. The molecular formula is C44H81NO5S. The lowest BCUT2D eigenvalue weighted by molar-refractivity contribution is -0.122. The molecule has 0 aliphatic rings. The fourth-order valence-corrected chi connectivity index (χ4v) is 6.97. The van der Waals surface area contributed by atoms with E-state index in [0.717, 1.165) is 44.9 Å². The summed E-state index contributed by atoms with van der Waals surface area (Å²) in [6.07, 6.45) is 51.1. The van der Waals surface area contributed by atoms with Gasteiger partial charge in [-0.1, -0.05) is 178 Å². The summed E-state index contributed by atoms with van der Waals surface area (Å²) < 4.78 is 32.4. The first-order valence-electron chi connectivity index (χ1n) is 21.3. The quantitative estimate of drug-likeness (QED) is 0.0333. The largest absolute Gasteiger partial charge is 0.387 e. The van der Waals surface area contributed by atoms with E-state index in [9.17, 15) is 22.9 Å². The van der Waals surface area contributed by atoms with Crippen LogP contribution in [0.15, 0.2) is 48.6 Å². The third-order valence-corrected chi connectivity index (χ3v) is 10.2. The Labute approximate surface area is 316 Å². The molecule has 0 heterocycles. The third-order valence-electron chi connectivity index (χ3n) is 9.46. The Hall–Kier alpha value is -1.70. The predicted molar refractivity (Wildman–Crippen MR) is 221 cm³/mol. The van der Waals surface area contributed by atoms with Crippen LogP contribution in [0.2, 0.25) is 0 Å². The van der Waals surface area contributed by atoms with Gasteiger partial charge in [0.25, 0.3) is 10.1 Å². The number of nitrogens with one attached hydrogen (secondary N) is 1. The monoisotopic (exact) mass is 736 g/mol. The van der Waals surface area contributed by atoms with Crippen molar-refractivity contribution in [1.29, 1.82) is 0 Å². The number of amides is 1. The molecule has 0 radical (unpaired) electrons. The van der Waals surface area contributed by atoms with Gasteiger partial charge in [0.15, 0.2) is 0 Å². The van der Waals surface area contributed by atoms with E-state index in [1.54, 1.807) is 6.08 Å². The Morgan fingerprint density at radius 3 is 1.27 bits per heavy atom. The lowest BCUT2D eigenvalue weighted by Gasteiger charge is -2.21. The van der Waals surface area contributed by atoms with Crippen LogP contribution in [0.4, 0.5) is 0 Å². The molecule has 51 heavy (non-hydrogen) atoms. The van der Waals surface area contributed by atoms with Gasteiger partial charge in [0, 0.05) is 6.42 Å².